The molecule has 1 N–H and O–H groups in total. The topological polar surface area (TPSA) is 29.9 Å². The van der Waals surface area contributed by atoms with Crippen LogP contribution in [0.5, 0.6) is 0 Å². The highest BCUT2D eigenvalue weighted by atomic mass is 15.3. The predicted molar refractivity (Wildman–Crippen MR) is 61.8 cm³/mol. The van der Waals surface area contributed by atoms with Crippen LogP contribution in [0.15, 0.2) is 6.07 Å². The van der Waals surface area contributed by atoms with Gasteiger partial charge < -0.3 is 5.32 Å². The van der Waals surface area contributed by atoms with Crippen molar-refractivity contribution in [2.45, 2.75) is 45.7 Å². The van der Waals surface area contributed by atoms with Crippen molar-refractivity contribution in [2.24, 2.45) is 5.92 Å². The molecule has 0 bridgehead atoms. The third-order valence-corrected chi connectivity index (χ3v) is 3.48. The monoisotopic (exact) mass is 207 g/mol. The van der Waals surface area contributed by atoms with E-state index in [1.54, 1.807) is 0 Å². The Morgan fingerprint density at radius 3 is 2.80 bits per heavy atom. The lowest BCUT2D eigenvalue weighted by atomic mass is 9.78. The van der Waals surface area contributed by atoms with Crippen LogP contribution in [-0.2, 0) is 6.54 Å². The van der Waals surface area contributed by atoms with Crippen molar-refractivity contribution < 1.29 is 0 Å². The van der Waals surface area contributed by atoms with Gasteiger partial charge in [-0.25, -0.2) is 0 Å². The minimum absolute atomic E-state index is 0.500. The Morgan fingerprint density at radius 1 is 1.60 bits per heavy atom. The molecule has 1 atom stereocenters. The highest BCUT2D eigenvalue weighted by molar-refractivity contribution is 5.15. The lowest BCUT2D eigenvalue weighted by Crippen LogP contribution is -2.31. The maximum Gasteiger partial charge on any atom is 0.0597 e. The van der Waals surface area contributed by atoms with Gasteiger partial charge in [-0.1, -0.05) is 6.42 Å². The zero-order valence-electron chi connectivity index (χ0n) is 9.95. The van der Waals surface area contributed by atoms with E-state index in [1.807, 2.05) is 0 Å². The molecule has 2 rings (SSSR count). The summed E-state index contributed by atoms with van der Waals surface area (Å²) in [6.45, 7) is 5.20. The summed E-state index contributed by atoms with van der Waals surface area (Å²) in [5, 5.41) is 7.96. The van der Waals surface area contributed by atoms with E-state index >= 15 is 0 Å². The van der Waals surface area contributed by atoms with Crippen molar-refractivity contribution in [1.82, 2.24) is 15.1 Å². The van der Waals surface area contributed by atoms with Gasteiger partial charge >= 0.3 is 0 Å². The Balaban J connectivity index is 2.23. The Kier molecular flexibility index (Phi) is 3.10. The number of hydrogen-bond donors (Lipinski definition) is 1. The standard InChI is InChI=1S/C12H21N3/c1-4-15-11(8-9(2)14-15)12(13-3)10-6-5-7-10/h8,10,12-13H,4-7H2,1-3H3. The molecule has 1 fully saturated rings. The van der Waals surface area contributed by atoms with Gasteiger partial charge in [0.1, 0.15) is 0 Å². The molecular formula is C12H21N3. The molecule has 84 valence electrons. The minimum Gasteiger partial charge on any atom is -0.311 e. The van der Waals surface area contributed by atoms with Crippen LogP contribution in [0.2, 0.25) is 0 Å². The van der Waals surface area contributed by atoms with Crippen LogP contribution in [0.1, 0.15) is 43.6 Å². The summed E-state index contributed by atoms with van der Waals surface area (Å²) >= 11 is 0. The molecule has 1 aromatic heterocycles. The van der Waals surface area contributed by atoms with E-state index in [-0.39, 0.29) is 0 Å². The van der Waals surface area contributed by atoms with Crippen molar-refractivity contribution in [3.63, 3.8) is 0 Å². The summed E-state index contributed by atoms with van der Waals surface area (Å²) in [6.07, 6.45) is 4.11. The lowest BCUT2D eigenvalue weighted by molar-refractivity contribution is 0.230. The number of aromatic nitrogens is 2. The fourth-order valence-corrected chi connectivity index (χ4v) is 2.47. The van der Waals surface area contributed by atoms with Crippen molar-refractivity contribution in [1.29, 1.82) is 0 Å². The van der Waals surface area contributed by atoms with E-state index in [4.69, 9.17) is 0 Å². The van der Waals surface area contributed by atoms with Crippen molar-refractivity contribution in [3.05, 3.63) is 17.5 Å². The molecular weight excluding hydrogens is 186 g/mol. The first-order valence-corrected chi connectivity index (χ1v) is 5.98. The van der Waals surface area contributed by atoms with E-state index in [1.165, 1.54) is 25.0 Å². The van der Waals surface area contributed by atoms with Crippen LogP contribution < -0.4 is 5.32 Å². The number of hydrogen-bond acceptors (Lipinski definition) is 2. The first kappa shape index (κ1) is 10.7. The van der Waals surface area contributed by atoms with Crippen LogP contribution in [-0.4, -0.2) is 16.8 Å². The van der Waals surface area contributed by atoms with Gasteiger partial charge in [-0.3, -0.25) is 4.68 Å². The average Bonchev–Trinajstić information content (AvgIpc) is 2.52. The highest BCUT2D eigenvalue weighted by Gasteiger charge is 2.29. The number of aryl methyl sites for hydroxylation is 2. The fourth-order valence-electron chi connectivity index (χ4n) is 2.47. The van der Waals surface area contributed by atoms with Gasteiger partial charge in [-0.15, -0.1) is 0 Å². The smallest absolute Gasteiger partial charge is 0.0597 e. The van der Waals surface area contributed by atoms with Crippen LogP contribution >= 0.6 is 0 Å². The second-order valence-corrected chi connectivity index (χ2v) is 4.48. The molecule has 0 amide bonds. The van der Waals surface area contributed by atoms with Gasteiger partial charge in [0.05, 0.1) is 17.4 Å². The first-order valence-electron chi connectivity index (χ1n) is 5.98. The zero-order chi connectivity index (χ0) is 10.8. The molecule has 0 aromatic carbocycles. The normalized spacial score (nSPS) is 18.9. The Labute approximate surface area is 91.9 Å². The second kappa shape index (κ2) is 4.35. The fraction of sp³-hybridized carbons (Fsp3) is 0.750. The van der Waals surface area contributed by atoms with Gasteiger partial charge in [0.25, 0.3) is 0 Å². The molecule has 0 aliphatic heterocycles. The second-order valence-electron chi connectivity index (χ2n) is 4.48. The van der Waals surface area contributed by atoms with Crippen LogP contribution in [0.3, 0.4) is 0 Å². The molecule has 0 spiro atoms. The summed E-state index contributed by atoms with van der Waals surface area (Å²) in [4.78, 5) is 0. The molecule has 1 aliphatic carbocycles. The minimum atomic E-state index is 0.500. The maximum atomic E-state index is 4.52. The summed E-state index contributed by atoms with van der Waals surface area (Å²) in [7, 11) is 2.06. The Morgan fingerprint density at radius 2 is 2.33 bits per heavy atom. The van der Waals surface area contributed by atoms with E-state index in [9.17, 15) is 0 Å². The molecule has 1 aromatic rings. The van der Waals surface area contributed by atoms with E-state index in [0.717, 1.165) is 18.2 Å². The molecule has 1 heterocycles. The summed E-state index contributed by atoms with van der Waals surface area (Å²) in [6, 6.07) is 2.73. The van der Waals surface area contributed by atoms with Crippen LogP contribution in [0, 0.1) is 12.8 Å². The number of nitrogens with one attached hydrogen (secondary N) is 1. The van der Waals surface area contributed by atoms with E-state index in [2.05, 4.69) is 42.1 Å². The SMILES string of the molecule is CCn1nc(C)cc1C(NC)C1CCC1. The third kappa shape index (κ3) is 1.93. The Hall–Kier alpha value is -0.830. The highest BCUT2D eigenvalue weighted by Crippen LogP contribution is 2.37. The van der Waals surface area contributed by atoms with Gasteiger partial charge in [0, 0.05) is 6.54 Å². The molecule has 3 nitrogen and oxygen atoms in total. The molecule has 15 heavy (non-hydrogen) atoms. The van der Waals surface area contributed by atoms with Gasteiger partial charge in [-0.05, 0) is 45.7 Å². The summed E-state index contributed by atoms with van der Waals surface area (Å²) in [5.74, 6) is 0.816. The molecule has 1 unspecified atom stereocenters. The summed E-state index contributed by atoms with van der Waals surface area (Å²) in [5.41, 5.74) is 2.49. The van der Waals surface area contributed by atoms with Gasteiger partial charge in [-0.2, -0.15) is 5.10 Å². The van der Waals surface area contributed by atoms with Crippen LogP contribution in [0.4, 0.5) is 0 Å². The van der Waals surface area contributed by atoms with Crippen molar-refractivity contribution in [3.8, 4) is 0 Å². The van der Waals surface area contributed by atoms with Crippen molar-refractivity contribution >= 4 is 0 Å². The van der Waals surface area contributed by atoms with Gasteiger partial charge in [0.15, 0.2) is 0 Å². The zero-order valence-corrected chi connectivity index (χ0v) is 9.95. The third-order valence-electron chi connectivity index (χ3n) is 3.48. The molecule has 1 aliphatic rings. The first-order chi connectivity index (χ1) is 7.26. The van der Waals surface area contributed by atoms with Gasteiger partial charge in [0.2, 0.25) is 0 Å². The molecule has 0 radical (unpaired) electrons. The quantitative estimate of drug-likeness (QED) is 0.821. The molecule has 1 saturated carbocycles. The summed E-state index contributed by atoms with van der Waals surface area (Å²) < 4.78 is 2.13. The largest absolute Gasteiger partial charge is 0.311 e. The Bertz CT molecular complexity index is 326. The predicted octanol–water partition coefficient (Wildman–Crippen LogP) is 2.27. The molecule has 0 saturated heterocycles. The average molecular weight is 207 g/mol. The number of rotatable bonds is 4. The van der Waals surface area contributed by atoms with E-state index in [0.29, 0.717) is 6.04 Å². The van der Waals surface area contributed by atoms with Crippen molar-refractivity contribution in [2.75, 3.05) is 7.05 Å². The number of nitrogens with zero attached hydrogens (tertiary/aromatic N) is 2. The maximum absolute atomic E-state index is 4.52. The lowest BCUT2D eigenvalue weighted by Gasteiger charge is -2.33. The van der Waals surface area contributed by atoms with Crippen LogP contribution in [0.25, 0.3) is 0 Å². The molecule has 3 heteroatoms. The van der Waals surface area contributed by atoms with E-state index < -0.39 is 0 Å².